The monoisotopic (exact) mass is 665 g/mol. The third kappa shape index (κ3) is 3.99. The second-order valence-corrected chi connectivity index (χ2v) is 14.7. The molecule has 4 heteroatoms. The Kier molecular flexibility index (Phi) is 6.18. The van der Waals surface area contributed by atoms with Crippen LogP contribution in [0.5, 0.6) is 5.75 Å². The zero-order valence-electron chi connectivity index (χ0n) is 27.7. The van der Waals surface area contributed by atoms with E-state index in [-0.39, 0.29) is 5.82 Å². The molecule has 1 aliphatic heterocycles. The number of rotatable bonds is 3. The van der Waals surface area contributed by atoms with Crippen LogP contribution in [0.2, 0.25) is 0 Å². The van der Waals surface area contributed by atoms with Gasteiger partial charge in [-0.15, -0.1) is 9.24 Å². The third-order valence-electron chi connectivity index (χ3n) is 10.9. The molecule has 0 saturated carbocycles. The van der Waals surface area contributed by atoms with Gasteiger partial charge in [0, 0.05) is 44.0 Å². The number of nitrogens with zero attached hydrogens (tertiary/aromatic N) is 1. The van der Waals surface area contributed by atoms with Crippen LogP contribution in [0.4, 0.5) is 4.39 Å². The lowest BCUT2D eigenvalue weighted by Crippen LogP contribution is -2.35. The van der Waals surface area contributed by atoms with Gasteiger partial charge in [-0.2, -0.15) is 0 Å². The van der Waals surface area contributed by atoms with Crippen LogP contribution in [0.3, 0.4) is 0 Å². The number of fused-ring (bicyclic) bond motifs is 11. The minimum absolute atomic E-state index is 0.214. The predicted molar refractivity (Wildman–Crippen MR) is 208 cm³/mol. The molecule has 10 rings (SSSR count). The van der Waals surface area contributed by atoms with Gasteiger partial charge in [-0.1, -0.05) is 111 Å². The molecule has 2 aliphatic rings. The van der Waals surface area contributed by atoms with Crippen molar-refractivity contribution in [1.82, 2.24) is 4.57 Å². The van der Waals surface area contributed by atoms with Crippen LogP contribution in [0.25, 0.3) is 55.5 Å². The second-order valence-electron chi connectivity index (χ2n) is 14.1. The van der Waals surface area contributed by atoms with Gasteiger partial charge in [-0.05, 0) is 87.6 Å². The zero-order valence-corrected chi connectivity index (χ0v) is 28.9. The summed E-state index contributed by atoms with van der Waals surface area (Å²) in [6, 6.07) is 48.3. The molecule has 0 N–H and O–H groups in total. The lowest BCUT2D eigenvalue weighted by molar-refractivity contribution is 0.163. The molecule has 1 aromatic heterocycles. The van der Waals surface area contributed by atoms with Gasteiger partial charge in [0.1, 0.15) is 11.6 Å². The van der Waals surface area contributed by atoms with Crippen LogP contribution in [0.1, 0.15) is 41.7 Å². The molecule has 2 heterocycles. The summed E-state index contributed by atoms with van der Waals surface area (Å²) in [5.41, 5.74) is 9.70. The van der Waals surface area contributed by atoms with Crippen molar-refractivity contribution >= 4 is 53.2 Å². The summed E-state index contributed by atoms with van der Waals surface area (Å²) in [7, 11) is 2.86. The average Bonchev–Trinajstić information content (AvgIpc) is 3.60. The van der Waals surface area contributed by atoms with Gasteiger partial charge in [0.2, 0.25) is 0 Å². The van der Waals surface area contributed by atoms with Gasteiger partial charge < -0.3 is 9.30 Å². The first-order valence-electron chi connectivity index (χ1n) is 17.1. The van der Waals surface area contributed by atoms with Gasteiger partial charge in [0.05, 0.1) is 11.0 Å². The Balaban J connectivity index is 1.26. The molecule has 8 aromatic rings. The summed E-state index contributed by atoms with van der Waals surface area (Å²) < 4.78 is 24.7. The number of hydrogen-bond donors (Lipinski definition) is 0. The molecule has 0 amide bonds. The van der Waals surface area contributed by atoms with Crippen LogP contribution < -0.4 is 10.0 Å². The number of ether oxygens (including phenoxy) is 1. The molecule has 0 bridgehead atoms. The minimum Gasteiger partial charge on any atom is -0.472 e. The Hall–Kier alpha value is -5.50. The molecular weight excluding hydrogens is 632 g/mol. The molecular formula is C46H33FNOP. The van der Waals surface area contributed by atoms with Gasteiger partial charge in [0.25, 0.3) is 0 Å². The molecule has 0 radical (unpaired) electrons. The van der Waals surface area contributed by atoms with E-state index in [1.165, 1.54) is 21.9 Å². The summed E-state index contributed by atoms with van der Waals surface area (Å²) in [6.45, 7) is 4.41. The number of hydrogen-bond acceptors (Lipinski definition) is 1. The second kappa shape index (κ2) is 10.5. The predicted octanol–water partition coefficient (Wildman–Crippen LogP) is 11.2. The zero-order chi connectivity index (χ0) is 33.8. The molecule has 0 saturated heterocycles. The Morgan fingerprint density at radius 3 is 2.20 bits per heavy atom. The fourth-order valence-corrected chi connectivity index (χ4v) is 8.96. The normalized spacial score (nSPS) is 17.1. The van der Waals surface area contributed by atoms with Crippen molar-refractivity contribution in [3.63, 3.8) is 0 Å². The molecule has 2 atom stereocenters. The fourth-order valence-electron chi connectivity index (χ4n) is 8.70. The minimum atomic E-state index is -0.905. The Morgan fingerprint density at radius 1 is 0.640 bits per heavy atom. The van der Waals surface area contributed by atoms with Crippen LogP contribution in [-0.2, 0) is 11.0 Å². The van der Waals surface area contributed by atoms with E-state index >= 15 is 0 Å². The van der Waals surface area contributed by atoms with Gasteiger partial charge in [-0.3, -0.25) is 0 Å². The average molecular weight is 666 g/mol. The topological polar surface area (TPSA) is 14.2 Å². The van der Waals surface area contributed by atoms with E-state index in [0.717, 1.165) is 66.4 Å². The number of halogens is 1. The van der Waals surface area contributed by atoms with Crippen molar-refractivity contribution in [2.75, 3.05) is 0 Å². The van der Waals surface area contributed by atoms with E-state index in [9.17, 15) is 4.39 Å². The van der Waals surface area contributed by atoms with Gasteiger partial charge >= 0.3 is 0 Å². The molecule has 240 valence electrons. The number of para-hydroxylation sites is 2. The third-order valence-corrected chi connectivity index (χ3v) is 11.3. The highest BCUT2D eigenvalue weighted by molar-refractivity contribution is 7.27. The lowest BCUT2D eigenvalue weighted by Gasteiger charge is -2.38. The van der Waals surface area contributed by atoms with Crippen molar-refractivity contribution < 1.29 is 9.13 Å². The van der Waals surface area contributed by atoms with Gasteiger partial charge in [0.15, 0.2) is 5.60 Å². The summed E-state index contributed by atoms with van der Waals surface area (Å²) in [5, 5.41) is 5.60. The van der Waals surface area contributed by atoms with Crippen LogP contribution >= 0.6 is 9.24 Å². The summed E-state index contributed by atoms with van der Waals surface area (Å²) >= 11 is 0. The van der Waals surface area contributed by atoms with Crippen molar-refractivity contribution in [2.24, 2.45) is 0 Å². The van der Waals surface area contributed by atoms with Crippen LogP contribution in [0.15, 0.2) is 146 Å². The molecule has 1 aliphatic carbocycles. The first-order chi connectivity index (χ1) is 24.3. The standard InChI is InChI=1S/C46H33FNOP/c1-45(2)39-26-30(47)18-20-35(39)42-34-21-19-32(50)27-38(34)44-36(43(42)45)23-24-46(49-44,28-11-5-3-6-12-28)29-17-22-41-37(25-29)33-15-9-10-16-40(33)48(41)31-13-7-4-8-14-31/h3-27H,50H2,1-2H3. The van der Waals surface area contributed by atoms with E-state index in [2.05, 4.69) is 161 Å². The smallest absolute Gasteiger partial charge is 0.178 e. The Morgan fingerprint density at radius 2 is 1.38 bits per heavy atom. The molecule has 50 heavy (non-hydrogen) atoms. The van der Waals surface area contributed by atoms with Crippen LogP contribution in [-0.4, -0.2) is 4.57 Å². The van der Waals surface area contributed by atoms with E-state index in [0.29, 0.717) is 0 Å². The first-order valence-corrected chi connectivity index (χ1v) is 17.7. The molecule has 2 nitrogen and oxygen atoms in total. The van der Waals surface area contributed by atoms with Crippen molar-refractivity contribution in [2.45, 2.75) is 24.9 Å². The van der Waals surface area contributed by atoms with Crippen molar-refractivity contribution in [3.8, 4) is 22.6 Å². The van der Waals surface area contributed by atoms with Crippen molar-refractivity contribution in [3.05, 3.63) is 179 Å². The first kappa shape index (κ1) is 29.4. The highest BCUT2D eigenvalue weighted by atomic mass is 31.0. The highest BCUT2D eigenvalue weighted by Crippen LogP contribution is 2.58. The maximum Gasteiger partial charge on any atom is 0.178 e. The van der Waals surface area contributed by atoms with E-state index in [1.807, 2.05) is 6.07 Å². The Labute approximate surface area is 292 Å². The van der Waals surface area contributed by atoms with E-state index in [4.69, 9.17) is 4.74 Å². The van der Waals surface area contributed by atoms with Crippen LogP contribution in [0, 0.1) is 5.82 Å². The molecule has 0 spiro atoms. The maximum absolute atomic E-state index is 14.8. The molecule has 7 aromatic carbocycles. The summed E-state index contributed by atoms with van der Waals surface area (Å²) in [5.74, 6) is 0.636. The quantitative estimate of drug-likeness (QED) is 0.171. The Bertz CT molecular complexity index is 2730. The summed E-state index contributed by atoms with van der Waals surface area (Å²) in [4.78, 5) is 0. The SMILES string of the molecule is CC1(C)c2cc(F)ccc2-c2c1c1c(c3cc(P)ccc23)OC(c2ccccc2)(c2ccc3c(c2)c2ccccc2n3-c2ccccc2)C=C1. The maximum atomic E-state index is 14.8. The number of benzene rings is 7. The fraction of sp³-hybridized carbons (Fsp3) is 0.0870. The molecule has 2 unspecified atom stereocenters. The largest absolute Gasteiger partial charge is 0.472 e. The number of aromatic nitrogens is 1. The molecule has 0 fully saturated rings. The highest BCUT2D eigenvalue weighted by Gasteiger charge is 2.44. The van der Waals surface area contributed by atoms with Crippen molar-refractivity contribution in [1.29, 1.82) is 0 Å². The van der Waals surface area contributed by atoms with E-state index in [1.54, 1.807) is 12.1 Å². The van der Waals surface area contributed by atoms with Gasteiger partial charge in [-0.25, -0.2) is 4.39 Å². The van der Waals surface area contributed by atoms with E-state index < -0.39 is 11.0 Å². The lowest BCUT2D eigenvalue weighted by atomic mass is 9.76. The summed E-state index contributed by atoms with van der Waals surface area (Å²) in [6.07, 6.45) is 4.50.